The number of amides is 1. The summed E-state index contributed by atoms with van der Waals surface area (Å²) in [6.45, 7) is 5.18. The van der Waals surface area contributed by atoms with Crippen molar-refractivity contribution in [3.05, 3.63) is 0 Å². The molecule has 1 saturated heterocycles. The summed E-state index contributed by atoms with van der Waals surface area (Å²) in [6, 6.07) is 0. The topological polar surface area (TPSA) is 50.4 Å². The van der Waals surface area contributed by atoms with Crippen molar-refractivity contribution in [3.63, 3.8) is 0 Å². The highest BCUT2D eigenvalue weighted by molar-refractivity contribution is 5.75. The van der Waals surface area contributed by atoms with E-state index in [0.717, 1.165) is 19.5 Å². The summed E-state index contributed by atoms with van der Waals surface area (Å²) in [6.07, 6.45) is 3.07. The lowest BCUT2D eigenvalue weighted by molar-refractivity contribution is -0.122. The molecule has 4 nitrogen and oxygen atoms in total. The lowest BCUT2D eigenvalue weighted by atomic mass is 10.1. The van der Waals surface area contributed by atoms with Gasteiger partial charge in [-0.15, -0.1) is 0 Å². The van der Waals surface area contributed by atoms with Crippen molar-refractivity contribution < 1.29 is 9.53 Å². The quantitative estimate of drug-likeness (QED) is 0.670. The van der Waals surface area contributed by atoms with Gasteiger partial charge in [-0.1, -0.05) is 0 Å². The fourth-order valence-electron chi connectivity index (χ4n) is 1.57. The Balaban J connectivity index is 1.99. The first kappa shape index (κ1) is 11.5. The summed E-state index contributed by atoms with van der Waals surface area (Å²) in [5.41, 5.74) is 0. The monoisotopic (exact) mass is 200 g/mol. The standard InChI is InChI=1S/C10H20N2O2/c1-2-12-10(13)5-7-14-9-4-3-6-11-8-9/h9,11H,2-8H2,1H3,(H,12,13). The Hall–Kier alpha value is -0.610. The Morgan fingerprint density at radius 1 is 1.64 bits per heavy atom. The minimum absolute atomic E-state index is 0.0799. The van der Waals surface area contributed by atoms with Crippen molar-refractivity contribution in [2.45, 2.75) is 32.3 Å². The first-order valence-electron chi connectivity index (χ1n) is 5.42. The van der Waals surface area contributed by atoms with E-state index in [0.29, 0.717) is 25.7 Å². The summed E-state index contributed by atoms with van der Waals surface area (Å²) in [4.78, 5) is 11.1. The molecule has 0 aromatic heterocycles. The van der Waals surface area contributed by atoms with Crippen LogP contribution < -0.4 is 10.6 Å². The Bertz CT molecular complexity index is 168. The zero-order valence-electron chi connectivity index (χ0n) is 8.84. The van der Waals surface area contributed by atoms with Crippen LogP contribution in [0.2, 0.25) is 0 Å². The second kappa shape index (κ2) is 6.79. The first-order chi connectivity index (χ1) is 6.83. The third-order valence-electron chi connectivity index (χ3n) is 2.31. The third kappa shape index (κ3) is 4.58. The molecular weight excluding hydrogens is 180 g/mol. The summed E-state index contributed by atoms with van der Waals surface area (Å²) in [5, 5.41) is 6.02. The van der Waals surface area contributed by atoms with E-state index in [1.54, 1.807) is 0 Å². The molecule has 4 heteroatoms. The summed E-state index contributed by atoms with van der Waals surface area (Å²) < 4.78 is 5.58. The molecule has 1 heterocycles. The van der Waals surface area contributed by atoms with Gasteiger partial charge >= 0.3 is 0 Å². The number of carbonyl (C=O) groups is 1. The van der Waals surface area contributed by atoms with Gasteiger partial charge in [-0.3, -0.25) is 4.79 Å². The van der Waals surface area contributed by atoms with Gasteiger partial charge in [0.15, 0.2) is 0 Å². The fourth-order valence-corrected chi connectivity index (χ4v) is 1.57. The lowest BCUT2D eigenvalue weighted by Crippen LogP contribution is -2.36. The van der Waals surface area contributed by atoms with Crippen LogP contribution >= 0.6 is 0 Å². The van der Waals surface area contributed by atoms with Crippen LogP contribution in [0.5, 0.6) is 0 Å². The van der Waals surface area contributed by atoms with Gasteiger partial charge in [0.25, 0.3) is 0 Å². The van der Waals surface area contributed by atoms with Crippen LogP contribution in [0.3, 0.4) is 0 Å². The van der Waals surface area contributed by atoms with Crippen LogP contribution in [0, 0.1) is 0 Å². The van der Waals surface area contributed by atoms with Crippen LogP contribution in [0.25, 0.3) is 0 Å². The molecule has 1 aliphatic rings. The van der Waals surface area contributed by atoms with E-state index in [1.807, 2.05) is 6.92 Å². The van der Waals surface area contributed by atoms with Crippen molar-refractivity contribution in [1.82, 2.24) is 10.6 Å². The van der Waals surface area contributed by atoms with E-state index in [2.05, 4.69) is 10.6 Å². The fraction of sp³-hybridized carbons (Fsp3) is 0.900. The molecule has 1 rings (SSSR count). The van der Waals surface area contributed by atoms with Crippen molar-refractivity contribution in [2.75, 3.05) is 26.2 Å². The van der Waals surface area contributed by atoms with Crippen LogP contribution in [0.4, 0.5) is 0 Å². The molecule has 0 aromatic carbocycles. The number of ether oxygens (including phenoxy) is 1. The number of carbonyl (C=O) groups excluding carboxylic acids is 1. The van der Waals surface area contributed by atoms with Crippen LogP contribution in [-0.4, -0.2) is 38.3 Å². The number of rotatable bonds is 5. The average molecular weight is 200 g/mol. The molecule has 1 amide bonds. The largest absolute Gasteiger partial charge is 0.376 e. The molecular formula is C10H20N2O2. The zero-order chi connectivity index (χ0) is 10.2. The number of piperidine rings is 1. The van der Waals surface area contributed by atoms with Gasteiger partial charge in [-0.25, -0.2) is 0 Å². The molecule has 1 fully saturated rings. The summed E-state index contributed by atoms with van der Waals surface area (Å²) in [7, 11) is 0. The molecule has 0 saturated carbocycles. The van der Waals surface area contributed by atoms with Gasteiger partial charge in [-0.05, 0) is 26.3 Å². The smallest absolute Gasteiger partial charge is 0.222 e. The molecule has 0 aliphatic carbocycles. The molecule has 0 spiro atoms. The summed E-state index contributed by atoms with van der Waals surface area (Å²) >= 11 is 0. The SMILES string of the molecule is CCNC(=O)CCOC1CCCNC1. The minimum Gasteiger partial charge on any atom is -0.376 e. The molecule has 0 radical (unpaired) electrons. The highest BCUT2D eigenvalue weighted by Crippen LogP contribution is 2.05. The molecule has 1 atom stereocenters. The van der Waals surface area contributed by atoms with Crippen LogP contribution in [0.15, 0.2) is 0 Å². The second-order valence-electron chi connectivity index (χ2n) is 3.54. The number of nitrogens with one attached hydrogen (secondary N) is 2. The molecule has 14 heavy (non-hydrogen) atoms. The van der Waals surface area contributed by atoms with Gasteiger partial charge in [0, 0.05) is 19.5 Å². The highest BCUT2D eigenvalue weighted by atomic mass is 16.5. The second-order valence-corrected chi connectivity index (χ2v) is 3.54. The molecule has 82 valence electrons. The van der Waals surface area contributed by atoms with Gasteiger partial charge in [0.05, 0.1) is 12.7 Å². The first-order valence-corrected chi connectivity index (χ1v) is 5.42. The van der Waals surface area contributed by atoms with E-state index < -0.39 is 0 Å². The maximum atomic E-state index is 11.1. The van der Waals surface area contributed by atoms with Gasteiger partial charge in [-0.2, -0.15) is 0 Å². The Kier molecular flexibility index (Phi) is 5.56. The zero-order valence-corrected chi connectivity index (χ0v) is 8.84. The molecule has 0 aromatic rings. The lowest BCUT2D eigenvalue weighted by Gasteiger charge is -2.22. The van der Waals surface area contributed by atoms with E-state index in [9.17, 15) is 4.79 Å². The van der Waals surface area contributed by atoms with E-state index in [-0.39, 0.29) is 5.91 Å². The Morgan fingerprint density at radius 2 is 2.50 bits per heavy atom. The van der Waals surface area contributed by atoms with E-state index in [1.165, 1.54) is 6.42 Å². The highest BCUT2D eigenvalue weighted by Gasteiger charge is 2.13. The van der Waals surface area contributed by atoms with Crippen molar-refractivity contribution in [3.8, 4) is 0 Å². The van der Waals surface area contributed by atoms with Crippen LogP contribution in [-0.2, 0) is 9.53 Å². The number of hydrogen-bond donors (Lipinski definition) is 2. The minimum atomic E-state index is 0.0799. The average Bonchev–Trinajstić information content (AvgIpc) is 2.20. The molecule has 1 unspecified atom stereocenters. The third-order valence-corrected chi connectivity index (χ3v) is 2.31. The van der Waals surface area contributed by atoms with Gasteiger partial charge in [0.1, 0.15) is 0 Å². The van der Waals surface area contributed by atoms with E-state index >= 15 is 0 Å². The number of hydrogen-bond acceptors (Lipinski definition) is 3. The maximum Gasteiger partial charge on any atom is 0.222 e. The predicted octanol–water partition coefficient (Wildman–Crippen LogP) is 0.281. The maximum absolute atomic E-state index is 11.1. The van der Waals surface area contributed by atoms with Crippen molar-refractivity contribution in [2.24, 2.45) is 0 Å². The normalized spacial score (nSPS) is 21.9. The van der Waals surface area contributed by atoms with E-state index in [4.69, 9.17) is 4.74 Å². The molecule has 0 bridgehead atoms. The van der Waals surface area contributed by atoms with Crippen molar-refractivity contribution in [1.29, 1.82) is 0 Å². The molecule has 2 N–H and O–H groups in total. The predicted molar refractivity (Wildman–Crippen MR) is 55.1 cm³/mol. The Morgan fingerprint density at radius 3 is 3.14 bits per heavy atom. The summed E-state index contributed by atoms with van der Waals surface area (Å²) in [5.74, 6) is 0.0799. The molecule has 1 aliphatic heterocycles. The van der Waals surface area contributed by atoms with Gasteiger partial charge < -0.3 is 15.4 Å². The van der Waals surface area contributed by atoms with Crippen molar-refractivity contribution >= 4 is 5.91 Å². The Labute approximate surface area is 85.4 Å². The van der Waals surface area contributed by atoms with Gasteiger partial charge in [0.2, 0.25) is 5.91 Å². The van der Waals surface area contributed by atoms with Crippen LogP contribution in [0.1, 0.15) is 26.2 Å².